The topological polar surface area (TPSA) is 3.24 Å². The zero-order valence-corrected chi connectivity index (χ0v) is 12.8. The molecule has 0 heterocycles. The molecule has 0 aromatic heterocycles. The van der Waals surface area contributed by atoms with Gasteiger partial charge in [0, 0.05) is 29.5 Å². The Bertz CT molecular complexity index is 708. The smallest absolute Gasteiger partial charge is 0.270 e. The molecule has 0 aliphatic rings. The summed E-state index contributed by atoms with van der Waals surface area (Å²) < 4.78 is 26.8. The Hall–Kier alpha value is -2.68. The Morgan fingerprint density at radius 1 is 0.609 bits per heavy atom. The Balaban J connectivity index is 2.06. The second kappa shape index (κ2) is 6.21. The molecule has 3 heteroatoms. The van der Waals surface area contributed by atoms with E-state index in [1.54, 1.807) is 12.1 Å². The van der Waals surface area contributed by atoms with Crippen LogP contribution in [-0.4, -0.2) is 0 Å². The second-order valence-electron chi connectivity index (χ2n) is 5.44. The van der Waals surface area contributed by atoms with Crippen molar-refractivity contribution in [1.82, 2.24) is 0 Å². The molecule has 3 rings (SSSR count). The molecule has 3 aromatic carbocycles. The number of rotatable bonds is 4. The van der Waals surface area contributed by atoms with Crippen molar-refractivity contribution >= 4 is 17.1 Å². The highest BCUT2D eigenvalue weighted by molar-refractivity contribution is 5.76. The van der Waals surface area contributed by atoms with E-state index < -0.39 is 5.92 Å². The minimum Gasteiger partial charge on any atom is -0.311 e. The zero-order valence-electron chi connectivity index (χ0n) is 12.8. The summed E-state index contributed by atoms with van der Waals surface area (Å²) in [4.78, 5) is 2.04. The fourth-order valence-electron chi connectivity index (χ4n) is 2.50. The molecular formula is C20H17F2N. The van der Waals surface area contributed by atoms with E-state index in [-0.39, 0.29) is 5.56 Å². The molecule has 0 saturated carbocycles. The van der Waals surface area contributed by atoms with E-state index in [2.05, 4.69) is 0 Å². The fourth-order valence-corrected chi connectivity index (χ4v) is 2.50. The highest BCUT2D eigenvalue weighted by Crippen LogP contribution is 2.35. The van der Waals surface area contributed by atoms with Crippen LogP contribution < -0.4 is 4.90 Å². The lowest BCUT2D eigenvalue weighted by molar-refractivity contribution is 0.0175. The molecule has 0 amide bonds. The van der Waals surface area contributed by atoms with E-state index in [1.807, 2.05) is 65.6 Å². The predicted octanol–water partition coefficient (Wildman–Crippen LogP) is 6.27. The quantitative estimate of drug-likeness (QED) is 0.549. The molecule has 0 saturated heterocycles. The van der Waals surface area contributed by atoms with Gasteiger partial charge in [0.2, 0.25) is 0 Å². The first kappa shape index (κ1) is 15.2. The van der Waals surface area contributed by atoms with Crippen LogP contribution in [-0.2, 0) is 5.92 Å². The molecule has 0 spiro atoms. The van der Waals surface area contributed by atoms with Crippen LogP contribution >= 0.6 is 0 Å². The third-order valence-corrected chi connectivity index (χ3v) is 3.66. The van der Waals surface area contributed by atoms with Gasteiger partial charge in [0.15, 0.2) is 0 Å². The molecule has 0 atom stereocenters. The van der Waals surface area contributed by atoms with Crippen LogP contribution in [0.5, 0.6) is 0 Å². The number of benzene rings is 3. The van der Waals surface area contributed by atoms with Crippen molar-refractivity contribution in [3.05, 3.63) is 90.5 Å². The van der Waals surface area contributed by atoms with Crippen LogP contribution in [0.4, 0.5) is 25.8 Å². The van der Waals surface area contributed by atoms with Gasteiger partial charge in [-0.2, -0.15) is 0 Å². The second-order valence-corrected chi connectivity index (χ2v) is 5.44. The number of alkyl halides is 2. The molecule has 0 radical (unpaired) electrons. The predicted molar refractivity (Wildman–Crippen MR) is 90.7 cm³/mol. The molecule has 0 aliphatic heterocycles. The molecule has 0 bridgehead atoms. The standard InChI is InChI=1S/C20H17F2N/c1-20(21,22)16-12-14-19(15-13-16)23(17-8-4-2-5-9-17)18-10-6-3-7-11-18/h2-15H,1H3. The van der Waals surface area contributed by atoms with E-state index in [0.29, 0.717) is 0 Å². The first-order valence-corrected chi connectivity index (χ1v) is 7.44. The van der Waals surface area contributed by atoms with Gasteiger partial charge in [0.05, 0.1) is 0 Å². The van der Waals surface area contributed by atoms with Gasteiger partial charge in [-0.05, 0) is 36.4 Å². The van der Waals surface area contributed by atoms with Crippen molar-refractivity contribution in [1.29, 1.82) is 0 Å². The van der Waals surface area contributed by atoms with E-state index >= 15 is 0 Å². The summed E-state index contributed by atoms with van der Waals surface area (Å²) in [6.45, 7) is 0.911. The van der Waals surface area contributed by atoms with Crippen molar-refractivity contribution in [2.24, 2.45) is 0 Å². The van der Waals surface area contributed by atoms with Crippen molar-refractivity contribution in [2.75, 3.05) is 4.90 Å². The maximum Gasteiger partial charge on any atom is 0.270 e. The number of hydrogen-bond acceptors (Lipinski definition) is 1. The van der Waals surface area contributed by atoms with Gasteiger partial charge in [-0.25, -0.2) is 8.78 Å². The third-order valence-electron chi connectivity index (χ3n) is 3.66. The van der Waals surface area contributed by atoms with Crippen LogP contribution in [0, 0.1) is 0 Å². The van der Waals surface area contributed by atoms with Gasteiger partial charge >= 0.3 is 0 Å². The van der Waals surface area contributed by atoms with Crippen LogP contribution in [0.25, 0.3) is 0 Å². The summed E-state index contributed by atoms with van der Waals surface area (Å²) in [6.07, 6.45) is 0. The van der Waals surface area contributed by atoms with Gasteiger partial charge in [0.1, 0.15) is 0 Å². The Labute approximate surface area is 134 Å². The highest BCUT2D eigenvalue weighted by atomic mass is 19.3. The first-order chi connectivity index (χ1) is 11.1. The number of nitrogens with zero attached hydrogens (tertiary/aromatic N) is 1. The summed E-state index contributed by atoms with van der Waals surface area (Å²) in [5.41, 5.74) is 2.82. The van der Waals surface area contributed by atoms with Gasteiger partial charge < -0.3 is 4.90 Å². The Kier molecular flexibility index (Phi) is 4.11. The van der Waals surface area contributed by atoms with Crippen molar-refractivity contribution < 1.29 is 8.78 Å². The largest absolute Gasteiger partial charge is 0.311 e. The lowest BCUT2D eigenvalue weighted by Crippen LogP contribution is -2.11. The molecule has 0 fully saturated rings. The Morgan fingerprint density at radius 3 is 1.39 bits per heavy atom. The summed E-state index contributed by atoms with van der Waals surface area (Å²) in [6, 6.07) is 26.1. The number of anilines is 3. The number of para-hydroxylation sites is 2. The van der Waals surface area contributed by atoms with Crippen LogP contribution in [0.2, 0.25) is 0 Å². The monoisotopic (exact) mass is 309 g/mol. The van der Waals surface area contributed by atoms with Crippen molar-refractivity contribution in [3.8, 4) is 0 Å². The lowest BCUT2D eigenvalue weighted by Gasteiger charge is -2.25. The van der Waals surface area contributed by atoms with E-state index in [1.165, 1.54) is 12.1 Å². The van der Waals surface area contributed by atoms with Crippen LogP contribution in [0.3, 0.4) is 0 Å². The maximum atomic E-state index is 13.4. The van der Waals surface area contributed by atoms with Crippen molar-refractivity contribution in [3.63, 3.8) is 0 Å². The number of hydrogen-bond donors (Lipinski definition) is 0. The van der Waals surface area contributed by atoms with Crippen LogP contribution in [0.1, 0.15) is 12.5 Å². The zero-order chi connectivity index (χ0) is 16.3. The third kappa shape index (κ3) is 3.39. The lowest BCUT2D eigenvalue weighted by atomic mass is 10.1. The van der Waals surface area contributed by atoms with Crippen LogP contribution in [0.15, 0.2) is 84.9 Å². The molecule has 3 aromatic rings. The SMILES string of the molecule is CC(F)(F)c1ccc(N(c2ccccc2)c2ccccc2)cc1. The number of halogens is 2. The minimum atomic E-state index is -2.83. The van der Waals surface area contributed by atoms with Gasteiger partial charge in [-0.1, -0.05) is 48.5 Å². The van der Waals surface area contributed by atoms with E-state index in [9.17, 15) is 8.78 Å². The molecular weight excluding hydrogens is 292 g/mol. The fraction of sp³-hybridized carbons (Fsp3) is 0.100. The Morgan fingerprint density at radius 2 is 1.00 bits per heavy atom. The van der Waals surface area contributed by atoms with Crippen molar-refractivity contribution in [2.45, 2.75) is 12.8 Å². The molecule has 0 aliphatic carbocycles. The highest BCUT2D eigenvalue weighted by Gasteiger charge is 2.24. The summed E-state index contributed by atoms with van der Waals surface area (Å²) in [5.74, 6) is -2.83. The summed E-state index contributed by atoms with van der Waals surface area (Å²) >= 11 is 0. The molecule has 0 N–H and O–H groups in total. The summed E-state index contributed by atoms with van der Waals surface area (Å²) in [7, 11) is 0. The minimum absolute atomic E-state index is 0.0160. The van der Waals surface area contributed by atoms with Gasteiger partial charge in [-0.15, -0.1) is 0 Å². The average molecular weight is 309 g/mol. The average Bonchev–Trinajstić information content (AvgIpc) is 2.57. The summed E-state index contributed by atoms with van der Waals surface area (Å²) in [5, 5.41) is 0. The van der Waals surface area contributed by atoms with Gasteiger partial charge in [0.25, 0.3) is 5.92 Å². The molecule has 0 unspecified atom stereocenters. The molecule has 1 nitrogen and oxygen atoms in total. The normalized spacial score (nSPS) is 11.3. The maximum absolute atomic E-state index is 13.4. The molecule has 116 valence electrons. The van der Waals surface area contributed by atoms with E-state index in [4.69, 9.17) is 0 Å². The molecule has 23 heavy (non-hydrogen) atoms. The van der Waals surface area contributed by atoms with Gasteiger partial charge in [-0.3, -0.25) is 0 Å². The first-order valence-electron chi connectivity index (χ1n) is 7.44. The van der Waals surface area contributed by atoms with E-state index in [0.717, 1.165) is 24.0 Å².